The molecule has 2 aliphatic rings. The molecule has 4 rings (SSSR count). The van der Waals surface area contributed by atoms with Crippen molar-refractivity contribution in [2.75, 3.05) is 39.3 Å². The van der Waals surface area contributed by atoms with Gasteiger partial charge in [-0.2, -0.15) is 0 Å². The smallest absolute Gasteiger partial charge is 0.257 e. The molecule has 0 radical (unpaired) electrons. The molecule has 1 aromatic carbocycles. The first-order chi connectivity index (χ1) is 15.1. The van der Waals surface area contributed by atoms with Crippen LogP contribution < -0.4 is 0 Å². The third-order valence-corrected chi connectivity index (χ3v) is 6.39. The van der Waals surface area contributed by atoms with E-state index in [0.29, 0.717) is 63.2 Å². The van der Waals surface area contributed by atoms with Gasteiger partial charge in [-0.15, -0.1) is 0 Å². The highest BCUT2D eigenvalue weighted by atomic mass is 16.3. The number of piperidine rings is 1. The highest BCUT2D eigenvalue weighted by Gasteiger charge is 2.33. The van der Waals surface area contributed by atoms with E-state index in [-0.39, 0.29) is 23.6 Å². The maximum absolute atomic E-state index is 13.0. The minimum absolute atomic E-state index is 0.0285. The Balaban J connectivity index is 1.25. The van der Waals surface area contributed by atoms with Crippen LogP contribution in [0.15, 0.2) is 47.3 Å². The second kappa shape index (κ2) is 9.37. The van der Waals surface area contributed by atoms with Crippen LogP contribution in [0, 0.1) is 5.92 Å². The highest BCUT2D eigenvalue weighted by molar-refractivity contribution is 5.95. The number of piperazine rings is 1. The number of hydrogen-bond donors (Lipinski definition) is 0. The molecular formula is C24H29N3O4. The van der Waals surface area contributed by atoms with Crippen LogP contribution in [0.4, 0.5) is 0 Å². The Labute approximate surface area is 182 Å². The summed E-state index contributed by atoms with van der Waals surface area (Å²) in [7, 11) is 0. The Morgan fingerprint density at radius 3 is 1.97 bits per heavy atom. The predicted molar refractivity (Wildman–Crippen MR) is 116 cm³/mol. The predicted octanol–water partition coefficient (Wildman–Crippen LogP) is 2.68. The quantitative estimate of drug-likeness (QED) is 0.758. The third-order valence-electron chi connectivity index (χ3n) is 6.39. The summed E-state index contributed by atoms with van der Waals surface area (Å²) >= 11 is 0. The van der Waals surface area contributed by atoms with Gasteiger partial charge in [0.1, 0.15) is 6.26 Å². The standard InChI is InChI=1S/C24H29N3O4/c1-2-18-3-5-19(6-4-18)22(28)26-12-14-27(15-13-26)23(29)20-7-10-25(11-8-20)24(30)21-9-16-31-17-21/h3-6,9,16-17,20H,2,7-8,10-15H2,1H3. The monoisotopic (exact) mass is 423 g/mol. The summed E-state index contributed by atoms with van der Waals surface area (Å²) in [6.45, 7) is 5.47. The van der Waals surface area contributed by atoms with Crippen molar-refractivity contribution in [3.63, 3.8) is 0 Å². The summed E-state index contributed by atoms with van der Waals surface area (Å²) in [6.07, 6.45) is 5.25. The topological polar surface area (TPSA) is 74.1 Å². The van der Waals surface area contributed by atoms with Crippen LogP contribution in [-0.2, 0) is 11.2 Å². The van der Waals surface area contributed by atoms with Gasteiger partial charge in [-0.3, -0.25) is 14.4 Å². The number of benzene rings is 1. The molecule has 2 saturated heterocycles. The van der Waals surface area contributed by atoms with Gasteiger partial charge < -0.3 is 19.1 Å². The number of furan rings is 1. The van der Waals surface area contributed by atoms with Crippen molar-refractivity contribution in [1.82, 2.24) is 14.7 Å². The molecule has 0 bridgehead atoms. The van der Waals surface area contributed by atoms with E-state index in [4.69, 9.17) is 4.42 Å². The van der Waals surface area contributed by atoms with Crippen molar-refractivity contribution in [3.05, 3.63) is 59.5 Å². The summed E-state index contributed by atoms with van der Waals surface area (Å²) in [5, 5.41) is 0. The first kappa shape index (κ1) is 21.2. The Morgan fingerprint density at radius 1 is 0.806 bits per heavy atom. The molecule has 31 heavy (non-hydrogen) atoms. The third kappa shape index (κ3) is 4.65. The van der Waals surface area contributed by atoms with Gasteiger partial charge in [0.25, 0.3) is 11.8 Å². The van der Waals surface area contributed by atoms with Gasteiger partial charge in [0, 0.05) is 50.7 Å². The van der Waals surface area contributed by atoms with Gasteiger partial charge in [0.05, 0.1) is 11.8 Å². The van der Waals surface area contributed by atoms with Crippen LogP contribution in [-0.4, -0.2) is 71.7 Å². The van der Waals surface area contributed by atoms with Crippen molar-refractivity contribution in [2.24, 2.45) is 5.92 Å². The average molecular weight is 424 g/mol. The zero-order chi connectivity index (χ0) is 21.8. The molecule has 1 aromatic heterocycles. The molecule has 164 valence electrons. The summed E-state index contributed by atoms with van der Waals surface area (Å²) in [4.78, 5) is 43.7. The molecule has 2 aliphatic heterocycles. The number of rotatable bonds is 4. The Bertz CT molecular complexity index is 907. The number of aryl methyl sites for hydroxylation is 1. The van der Waals surface area contributed by atoms with E-state index in [0.717, 1.165) is 6.42 Å². The van der Waals surface area contributed by atoms with E-state index in [2.05, 4.69) is 6.92 Å². The Hall–Kier alpha value is -3.09. The van der Waals surface area contributed by atoms with Crippen LogP contribution in [0.25, 0.3) is 0 Å². The minimum Gasteiger partial charge on any atom is -0.472 e. The van der Waals surface area contributed by atoms with Crippen LogP contribution in [0.5, 0.6) is 0 Å². The fourth-order valence-electron chi connectivity index (χ4n) is 4.35. The Morgan fingerprint density at radius 2 is 1.39 bits per heavy atom. The average Bonchev–Trinajstić information content (AvgIpc) is 3.38. The van der Waals surface area contributed by atoms with Gasteiger partial charge in [0.2, 0.25) is 5.91 Å². The largest absolute Gasteiger partial charge is 0.472 e. The summed E-state index contributed by atoms with van der Waals surface area (Å²) in [5.41, 5.74) is 2.46. The lowest BCUT2D eigenvalue weighted by Gasteiger charge is -2.38. The number of carbonyl (C=O) groups excluding carboxylic acids is 3. The van der Waals surface area contributed by atoms with E-state index in [9.17, 15) is 14.4 Å². The normalized spacial score (nSPS) is 17.6. The van der Waals surface area contributed by atoms with Crippen molar-refractivity contribution in [3.8, 4) is 0 Å². The molecular weight excluding hydrogens is 394 g/mol. The van der Waals surface area contributed by atoms with Crippen LogP contribution in [0.1, 0.15) is 46.0 Å². The first-order valence-electron chi connectivity index (χ1n) is 11.0. The maximum Gasteiger partial charge on any atom is 0.257 e. The molecule has 0 atom stereocenters. The fourth-order valence-corrected chi connectivity index (χ4v) is 4.35. The fraction of sp³-hybridized carbons (Fsp3) is 0.458. The van der Waals surface area contributed by atoms with Crippen molar-refractivity contribution in [2.45, 2.75) is 26.2 Å². The first-order valence-corrected chi connectivity index (χ1v) is 11.0. The molecule has 0 saturated carbocycles. The lowest BCUT2D eigenvalue weighted by Crippen LogP contribution is -2.53. The van der Waals surface area contributed by atoms with E-state index in [1.54, 1.807) is 11.0 Å². The van der Waals surface area contributed by atoms with Gasteiger partial charge in [-0.05, 0) is 43.0 Å². The summed E-state index contributed by atoms with van der Waals surface area (Å²) < 4.78 is 4.99. The number of likely N-dealkylation sites (tertiary alicyclic amines) is 1. The molecule has 7 nitrogen and oxygen atoms in total. The second-order valence-corrected chi connectivity index (χ2v) is 8.25. The minimum atomic E-state index is -0.0581. The van der Waals surface area contributed by atoms with Crippen LogP contribution in [0.2, 0.25) is 0 Å². The molecule has 3 heterocycles. The maximum atomic E-state index is 13.0. The SMILES string of the molecule is CCc1ccc(C(=O)N2CCN(C(=O)C3CCN(C(=O)c4ccoc4)CC3)CC2)cc1. The zero-order valence-corrected chi connectivity index (χ0v) is 18.0. The zero-order valence-electron chi connectivity index (χ0n) is 18.0. The lowest BCUT2D eigenvalue weighted by molar-refractivity contribution is -0.138. The summed E-state index contributed by atoms with van der Waals surface area (Å²) in [5.74, 6) is 0.0756. The molecule has 0 spiro atoms. The lowest BCUT2D eigenvalue weighted by atomic mass is 9.94. The molecule has 0 aliphatic carbocycles. The highest BCUT2D eigenvalue weighted by Crippen LogP contribution is 2.22. The Kier molecular flexibility index (Phi) is 6.39. The molecule has 0 unspecified atom stereocenters. The second-order valence-electron chi connectivity index (χ2n) is 8.25. The van der Waals surface area contributed by atoms with E-state index >= 15 is 0 Å². The molecule has 2 fully saturated rings. The van der Waals surface area contributed by atoms with Gasteiger partial charge in [-0.25, -0.2) is 0 Å². The van der Waals surface area contributed by atoms with E-state index < -0.39 is 0 Å². The van der Waals surface area contributed by atoms with E-state index in [1.807, 2.05) is 34.1 Å². The number of hydrogen-bond acceptors (Lipinski definition) is 4. The molecule has 2 aromatic rings. The van der Waals surface area contributed by atoms with Gasteiger partial charge in [0.15, 0.2) is 0 Å². The van der Waals surface area contributed by atoms with Crippen LogP contribution >= 0.6 is 0 Å². The summed E-state index contributed by atoms with van der Waals surface area (Å²) in [6, 6.07) is 9.43. The number of nitrogens with zero attached hydrogens (tertiary/aromatic N) is 3. The van der Waals surface area contributed by atoms with Gasteiger partial charge in [-0.1, -0.05) is 19.1 Å². The van der Waals surface area contributed by atoms with Crippen molar-refractivity contribution in [1.29, 1.82) is 0 Å². The molecule has 7 heteroatoms. The molecule has 3 amide bonds. The van der Waals surface area contributed by atoms with Crippen LogP contribution in [0.3, 0.4) is 0 Å². The van der Waals surface area contributed by atoms with E-state index in [1.165, 1.54) is 18.1 Å². The number of carbonyl (C=O) groups is 3. The van der Waals surface area contributed by atoms with Crippen molar-refractivity contribution < 1.29 is 18.8 Å². The van der Waals surface area contributed by atoms with Gasteiger partial charge >= 0.3 is 0 Å². The molecule has 0 N–H and O–H groups in total. The van der Waals surface area contributed by atoms with Crippen molar-refractivity contribution >= 4 is 17.7 Å². The number of amides is 3.